The average Bonchev–Trinajstić information content (AvgIpc) is 3.41. The maximum Gasteiger partial charge on any atom is 0.269 e. The van der Waals surface area contributed by atoms with E-state index in [0.717, 1.165) is 25.8 Å². The Morgan fingerprint density at radius 3 is 2.81 bits per heavy atom. The minimum absolute atomic E-state index is 0.0443. The first-order chi connectivity index (χ1) is 15.0. The number of nitrogens with one attached hydrogen (secondary N) is 1. The van der Waals surface area contributed by atoms with E-state index in [1.807, 2.05) is 30.5 Å². The molecule has 1 atom stereocenters. The lowest BCUT2D eigenvalue weighted by Gasteiger charge is -2.07. The van der Waals surface area contributed by atoms with Crippen LogP contribution in [-0.2, 0) is 4.79 Å². The van der Waals surface area contributed by atoms with Crippen molar-refractivity contribution in [3.63, 3.8) is 0 Å². The fourth-order valence-corrected chi connectivity index (χ4v) is 5.33. The number of hydrogen-bond acceptors (Lipinski definition) is 9. The van der Waals surface area contributed by atoms with Crippen LogP contribution in [0.5, 0.6) is 0 Å². The van der Waals surface area contributed by atoms with Gasteiger partial charge in [0.2, 0.25) is 5.91 Å². The van der Waals surface area contributed by atoms with Gasteiger partial charge >= 0.3 is 0 Å². The summed E-state index contributed by atoms with van der Waals surface area (Å²) in [5.74, 6) is -0.118. The van der Waals surface area contributed by atoms with Crippen LogP contribution in [0, 0.1) is 10.1 Å². The van der Waals surface area contributed by atoms with Crippen LogP contribution < -0.4 is 5.32 Å². The molecule has 2 aromatic carbocycles. The summed E-state index contributed by atoms with van der Waals surface area (Å²) in [6, 6.07) is 11.9. The zero-order valence-corrected chi connectivity index (χ0v) is 18.5. The van der Waals surface area contributed by atoms with E-state index in [4.69, 9.17) is 0 Å². The lowest BCUT2D eigenvalue weighted by molar-refractivity contribution is -0.384. The molecule has 0 aliphatic heterocycles. The molecule has 0 saturated carbocycles. The molecule has 0 spiro atoms. The van der Waals surface area contributed by atoms with Crippen LogP contribution in [0.1, 0.15) is 12.5 Å². The van der Waals surface area contributed by atoms with E-state index in [0.29, 0.717) is 5.13 Å². The van der Waals surface area contributed by atoms with Crippen molar-refractivity contribution >= 4 is 73.3 Å². The molecule has 0 radical (unpaired) electrons. The van der Waals surface area contributed by atoms with Gasteiger partial charge in [-0.1, -0.05) is 11.8 Å². The van der Waals surface area contributed by atoms with Crippen molar-refractivity contribution in [2.24, 2.45) is 4.99 Å². The number of non-ortho nitro benzene ring substituents is 1. The van der Waals surface area contributed by atoms with Crippen molar-refractivity contribution in [2.45, 2.75) is 16.5 Å². The summed E-state index contributed by atoms with van der Waals surface area (Å²) < 4.78 is 1.77. The molecule has 4 rings (SSSR count). The van der Waals surface area contributed by atoms with Crippen molar-refractivity contribution in [3.8, 4) is 0 Å². The van der Waals surface area contributed by atoms with Gasteiger partial charge in [0.1, 0.15) is 0 Å². The number of aliphatic imine (C=N–C) groups is 1. The summed E-state index contributed by atoms with van der Waals surface area (Å²) in [6.07, 6.45) is 3.31. The summed E-state index contributed by atoms with van der Waals surface area (Å²) in [5, 5.41) is 15.6. The van der Waals surface area contributed by atoms with Crippen molar-refractivity contribution in [3.05, 3.63) is 69.7 Å². The number of carbonyl (C=O) groups excluding carboxylic acids is 1. The summed E-state index contributed by atoms with van der Waals surface area (Å²) in [4.78, 5) is 35.7. The van der Waals surface area contributed by atoms with Gasteiger partial charge in [0.25, 0.3) is 5.69 Å². The van der Waals surface area contributed by atoms with Gasteiger partial charge in [0, 0.05) is 29.9 Å². The number of nitro benzene ring substituents is 1. The number of rotatable bonds is 7. The Morgan fingerprint density at radius 1 is 1.29 bits per heavy atom. The molecule has 1 N–H and O–H groups in total. The Bertz CT molecular complexity index is 1250. The molecule has 0 bridgehead atoms. The van der Waals surface area contributed by atoms with Crippen molar-refractivity contribution in [1.82, 2.24) is 9.97 Å². The lowest BCUT2D eigenvalue weighted by Crippen LogP contribution is -2.22. The first kappa shape index (κ1) is 21.1. The number of thiazole rings is 2. The molecule has 11 heteroatoms. The standard InChI is InChI=1S/C20H15N5O3S3/c1-12(18(26)24-19-21-8-9-29-19)30-20-23-16-7-4-14(10-17(16)31-20)22-11-13-2-5-15(6-3-13)25(27)28/h2-12H,1H3,(H,21,24,26)/t12-/m0/s1. The van der Waals surface area contributed by atoms with Crippen molar-refractivity contribution < 1.29 is 9.72 Å². The quantitative estimate of drug-likeness (QED) is 0.165. The Labute approximate surface area is 189 Å². The number of anilines is 1. The third kappa shape index (κ3) is 5.32. The van der Waals surface area contributed by atoms with Crippen LogP contribution in [0.25, 0.3) is 10.2 Å². The zero-order valence-electron chi connectivity index (χ0n) is 16.1. The number of nitro groups is 1. The maximum absolute atomic E-state index is 12.3. The normalized spacial score (nSPS) is 12.3. The highest BCUT2D eigenvalue weighted by molar-refractivity contribution is 8.02. The Kier molecular flexibility index (Phi) is 6.35. The second-order valence-electron chi connectivity index (χ2n) is 6.33. The van der Waals surface area contributed by atoms with Gasteiger partial charge in [-0.25, -0.2) is 9.97 Å². The number of amides is 1. The van der Waals surface area contributed by atoms with Gasteiger partial charge < -0.3 is 5.32 Å². The van der Waals surface area contributed by atoms with Gasteiger partial charge in [0.05, 0.1) is 26.1 Å². The summed E-state index contributed by atoms with van der Waals surface area (Å²) in [6.45, 7) is 1.83. The van der Waals surface area contributed by atoms with E-state index in [-0.39, 0.29) is 16.8 Å². The number of fused-ring (bicyclic) bond motifs is 1. The monoisotopic (exact) mass is 469 g/mol. The number of thioether (sulfide) groups is 1. The first-order valence-corrected chi connectivity index (χ1v) is 11.6. The van der Waals surface area contributed by atoms with E-state index < -0.39 is 4.92 Å². The highest BCUT2D eigenvalue weighted by Crippen LogP contribution is 2.34. The number of nitrogens with zero attached hydrogens (tertiary/aromatic N) is 4. The molecule has 1 amide bonds. The Balaban J connectivity index is 1.44. The molecule has 4 aromatic rings. The number of benzene rings is 2. The minimum atomic E-state index is -0.433. The third-order valence-electron chi connectivity index (χ3n) is 4.13. The predicted molar refractivity (Wildman–Crippen MR) is 126 cm³/mol. The zero-order chi connectivity index (χ0) is 21.8. The fraction of sp³-hybridized carbons (Fsp3) is 0.100. The van der Waals surface area contributed by atoms with E-state index >= 15 is 0 Å². The van der Waals surface area contributed by atoms with Crippen LogP contribution in [0.4, 0.5) is 16.5 Å². The Morgan fingerprint density at radius 2 is 2.10 bits per heavy atom. The predicted octanol–water partition coefficient (Wildman–Crippen LogP) is 5.53. The smallest absolute Gasteiger partial charge is 0.269 e. The van der Waals surface area contributed by atoms with Gasteiger partial charge in [-0.2, -0.15) is 0 Å². The highest BCUT2D eigenvalue weighted by atomic mass is 32.2. The largest absolute Gasteiger partial charge is 0.301 e. The molecular weight excluding hydrogens is 454 g/mol. The van der Waals surface area contributed by atoms with Gasteiger partial charge in [-0.15, -0.1) is 22.7 Å². The summed E-state index contributed by atoms with van der Waals surface area (Å²) >= 11 is 4.28. The lowest BCUT2D eigenvalue weighted by atomic mass is 10.2. The molecule has 31 heavy (non-hydrogen) atoms. The number of carbonyl (C=O) groups is 1. The molecule has 2 aromatic heterocycles. The number of aromatic nitrogens is 2. The topological polar surface area (TPSA) is 110 Å². The second kappa shape index (κ2) is 9.33. The highest BCUT2D eigenvalue weighted by Gasteiger charge is 2.18. The van der Waals surface area contributed by atoms with Gasteiger partial charge in [-0.3, -0.25) is 19.9 Å². The van der Waals surface area contributed by atoms with E-state index in [2.05, 4.69) is 20.3 Å². The van der Waals surface area contributed by atoms with E-state index in [1.54, 1.807) is 24.5 Å². The molecule has 8 nitrogen and oxygen atoms in total. The van der Waals surface area contributed by atoms with Crippen LogP contribution in [0.3, 0.4) is 0 Å². The molecule has 0 aliphatic carbocycles. The fourth-order valence-electron chi connectivity index (χ4n) is 2.55. The molecule has 2 heterocycles. The Hall–Kier alpha value is -3.15. The molecule has 0 unspecified atom stereocenters. The molecule has 0 saturated heterocycles. The van der Waals surface area contributed by atoms with E-state index in [1.165, 1.54) is 46.6 Å². The van der Waals surface area contributed by atoms with Crippen LogP contribution in [0.15, 0.2) is 63.4 Å². The molecular formula is C20H15N5O3S3. The molecule has 0 fully saturated rings. The third-order valence-corrected chi connectivity index (χ3v) is 7.03. The maximum atomic E-state index is 12.3. The second-order valence-corrected chi connectivity index (χ2v) is 9.84. The average molecular weight is 470 g/mol. The minimum Gasteiger partial charge on any atom is -0.301 e. The summed E-state index contributed by atoms with van der Waals surface area (Å²) in [5.41, 5.74) is 2.41. The molecule has 156 valence electrons. The van der Waals surface area contributed by atoms with Gasteiger partial charge in [-0.05, 0) is 42.8 Å². The van der Waals surface area contributed by atoms with E-state index in [9.17, 15) is 14.9 Å². The molecule has 0 aliphatic rings. The first-order valence-electron chi connectivity index (χ1n) is 9.04. The SMILES string of the molecule is C[C@H](Sc1nc2ccc(N=Cc3ccc([N+](=O)[O-])cc3)cc2s1)C(=O)Nc1nccs1. The van der Waals surface area contributed by atoms with Crippen LogP contribution >= 0.6 is 34.4 Å². The van der Waals surface area contributed by atoms with Crippen LogP contribution in [0.2, 0.25) is 0 Å². The number of hydrogen-bond donors (Lipinski definition) is 1. The van der Waals surface area contributed by atoms with Crippen LogP contribution in [-0.4, -0.2) is 32.3 Å². The van der Waals surface area contributed by atoms with Crippen molar-refractivity contribution in [2.75, 3.05) is 5.32 Å². The van der Waals surface area contributed by atoms with Gasteiger partial charge in [0.15, 0.2) is 9.47 Å². The van der Waals surface area contributed by atoms with Crippen molar-refractivity contribution in [1.29, 1.82) is 0 Å². The summed E-state index contributed by atoms with van der Waals surface area (Å²) in [7, 11) is 0.